The Bertz CT molecular complexity index is 1290. The van der Waals surface area contributed by atoms with Gasteiger partial charge in [0.15, 0.2) is 17.4 Å². The molecule has 1 aliphatic rings. The molecule has 0 saturated carbocycles. The second kappa shape index (κ2) is 9.87. The standard InChI is InChI=1S/C20H22FN5O8/c1-4-5-25-15-16(23-19(22-9(2)27)24-17(15)31)26(20(25)32)18-13(33-10(3)28)7-12(34-18)11(8-21)6-14(29)30/h1,11-13,18H,5-8H2,2-3H3,(H,29,30)(H2,22,23,24,27,31)/t11-,12+,13-,18-/m1/s1. The van der Waals surface area contributed by atoms with E-state index >= 15 is 0 Å². The summed E-state index contributed by atoms with van der Waals surface area (Å²) in [6.45, 7) is 0.958. The Hall–Kier alpha value is -3.99. The van der Waals surface area contributed by atoms with Gasteiger partial charge < -0.3 is 14.6 Å². The highest BCUT2D eigenvalue weighted by atomic mass is 19.1. The number of hydrogen-bond acceptors (Lipinski definition) is 8. The molecule has 1 aliphatic heterocycles. The summed E-state index contributed by atoms with van der Waals surface area (Å²) in [5, 5.41) is 11.4. The number of aromatic nitrogens is 4. The second-order valence-electron chi connectivity index (χ2n) is 7.67. The number of ether oxygens (including phenoxy) is 2. The molecule has 13 nitrogen and oxygen atoms in total. The molecular formula is C20H22FN5O8. The molecule has 1 amide bonds. The number of imidazole rings is 1. The van der Waals surface area contributed by atoms with Crippen LogP contribution in [-0.4, -0.2) is 60.9 Å². The fraction of sp³-hybridized carbons (Fsp3) is 0.500. The number of anilines is 1. The van der Waals surface area contributed by atoms with Crippen LogP contribution in [0.2, 0.25) is 0 Å². The van der Waals surface area contributed by atoms with Gasteiger partial charge >= 0.3 is 17.6 Å². The average molecular weight is 479 g/mol. The SMILES string of the molecule is C#CCn1c(=O)n([C@@H]2O[C@H]([C@@H](CF)CC(=O)O)C[C@H]2OC(C)=O)c2nc(NC(C)=O)[nH]c(=O)c21. The van der Waals surface area contributed by atoms with Gasteiger partial charge in [-0.2, -0.15) is 4.98 Å². The minimum Gasteiger partial charge on any atom is -0.481 e. The molecule has 2 aromatic rings. The maximum Gasteiger partial charge on any atom is 0.333 e. The molecule has 182 valence electrons. The molecule has 1 saturated heterocycles. The van der Waals surface area contributed by atoms with E-state index in [-0.39, 0.29) is 30.1 Å². The third-order valence-electron chi connectivity index (χ3n) is 5.18. The van der Waals surface area contributed by atoms with Crippen molar-refractivity contribution < 1.29 is 33.4 Å². The molecule has 1 fully saturated rings. The zero-order valence-electron chi connectivity index (χ0n) is 18.2. The fourth-order valence-corrected chi connectivity index (χ4v) is 3.90. The summed E-state index contributed by atoms with van der Waals surface area (Å²) in [6.07, 6.45) is 1.16. The van der Waals surface area contributed by atoms with Crippen molar-refractivity contribution in [3.05, 3.63) is 20.8 Å². The highest BCUT2D eigenvalue weighted by Gasteiger charge is 2.44. The number of nitrogens with zero attached hydrogens (tertiary/aromatic N) is 3. The number of esters is 1. The zero-order valence-corrected chi connectivity index (χ0v) is 18.2. The highest BCUT2D eigenvalue weighted by molar-refractivity contribution is 5.87. The largest absolute Gasteiger partial charge is 0.481 e. The van der Waals surface area contributed by atoms with Gasteiger partial charge in [0, 0.05) is 26.2 Å². The molecule has 0 radical (unpaired) electrons. The number of halogens is 1. The number of alkyl halides is 1. The van der Waals surface area contributed by atoms with Crippen LogP contribution in [-0.2, 0) is 30.4 Å². The average Bonchev–Trinajstić information content (AvgIpc) is 3.24. The zero-order chi connectivity index (χ0) is 25.2. The normalized spacial score (nSPS) is 20.6. The minimum absolute atomic E-state index is 0.109. The number of carbonyl (C=O) groups is 3. The molecule has 34 heavy (non-hydrogen) atoms. The quantitative estimate of drug-likeness (QED) is 0.341. The van der Waals surface area contributed by atoms with Crippen LogP contribution in [0.25, 0.3) is 11.2 Å². The summed E-state index contributed by atoms with van der Waals surface area (Å²) >= 11 is 0. The van der Waals surface area contributed by atoms with Gasteiger partial charge in [0.2, 0.25) is 11.9 Å². The summed E-state index contributed by atoms with van der Waals surface area (Å²) in [5.41, 5.74) is -2.07. The van der Waals surface area contributed by atoms with Gasteiger partial charge in [0.25, 0.3) is 5.56 Å². The third kappa shape index (κ3) is 4.84. The van der Waals surface area contributed by atoms with Gasteiger partial charge in [0.1, 0.15) is 6.10 Å². The predicted molar refractivity (Wildman–Crippen MR) is 114 cm³/mol. The number of carboxylic acids is 1. The van der Waals surface area contributed by atoms with Gasteiger partial charge in [-0.05, 0) is 0 Å². The maximum atomic E-state index is 13.6. The van der Waals surface area contributed by atoms with Crippen LogP contribution in [0.15, 0.2) is 9.59 Å². The van der Waals surface area contributed by atoms with Crippen molar-refractivity contribution in [3.63, 3.8) is 0 Å². The van der Waals surface area contributed by atoms with Crippen molar-refractivity contribution in [1.82, 2.24) is 19.1 Å². The van der Waals surface area contributed by atoms with Gasteiger partial charge in [-0.15, -0.1) is 6.42 Å². The summed E-state index contributed by atoms with van der Waals surface area (Å²) in [6, 6.07) is 0. The summed E-state index contributed by atoms with van der Waals surface area (Å²) < 4.78 is 26.6. The Morgan fingerprint density at radius 1 is 1.41 bits per heavy atom. The number of nitrogens with one attached hydrogen (secondary N) is 2. The number of carboxylic acid groups (broad SMARTS) is 1. The Labute approximate surface area is 190 Å². The second-order valence-corrected chi connectivity index (χ2v) is 7.67. The lowest BCUT2D eigenvalue weighted by atomic mass is 9.97. The van der Waals surface area contributed by atoms with E-state index in [0.29, 0.717) is 0 Å². The van der Waals surface area contributed by atoms with Crippen molar-refractivity contribution in [3.8, 4) is 12.3 Å². The van der Waals surface area contributed by atoms with Gasteiger partial charge in [0.05, 0.1) is 25.7 Å². The molecule has 3 rings (SSSR count). The Kier molecular flexibility index (Phi) is 7.16. The van der Waals surface area contributed by atoms with E-state index < -0.39 is 66.5 Å². The molecule has 0 aliphatic carbocycles. The first kappa shape index (κ1) is 24.6. The minimum atomic E-state index is -1.37. The first-order chi connectivity index (χ1) is 16.1. The van der Waals surface area contributed by atoms with E-state index in [1.807, 2.05) is 0 Å². The van der Waals surface area contributed by atoms with E-state index in [1.54, 1.807) is 0 Å². The fourth-order valence-electron chi connectivity index (χ4n) is 3.90. The maximum absolute atomic E-state index is 13.6. The van der Waals surface area contributed by atoms with Crippen LogP contribution >= 0.6 is 0 Å². The molecular weight excluding hydrogens is 457 g/mol. The molecule has 4 atom stereocenters. The third-order valence-corrected chi connectivity index (χ3v) is 5.18. The number of rotatable bonds is 8. The van der Waals surface area contributed by atoms with Crippen molar-refractivity contribution in [1.29, 1.82) is 0 Å². The molecule has 14 heteroatoms. The van der Waals surface area contributed by atoms with E-state index in [1.165, 1.54) is 6.92 Å². The van der Waals surface area contributed by atoms with Crippen LogP contribution in [0.4, 0.5) is 10.3 Å². The van der Waals surface area contributed by atoms with Crippen molar-refractivity contribution in [2.75, 3.05) is 12.0 Å². The summed E-state index contributed by atoms with van der Waals surface area (Å²) in [7, 11) is 0. The number of carbonyl (C=O) groups excluding carboxylic acids is 2. The number of fused-ring (bicyclic) bond motifs is 1. The smallest absolute Gasteiger partial charge is 0.333 e. The molecule has 0 unspecified atom stereocenters. The van der Waals surface area contributed by atoms with Crippen LogP contribution < -0.4 is 16.6 Å². The molecule has 0 bridgehead atoms. The number of hydrogen-bond donors (Lipinski definition) is 3. The molecule has 0 aromatic carbocycles. The Balaban J connectivity index is 2.20. The topological polar surface area (TPSA) is 175 Å². The summed E-state index contributed by atoms with van der Waals surface area (Å²) in [5.74, 6) is -1.61. The molecule has 0 spiro atoms. The van der Waals surface area contributed by atoms with Crippen molar-refractivity contribution >= 4 is 35.0 Å². The summed E-state index contributed by atoms with van der Waals surface area (Å²) in [4.78, 5) is 66.7. The molecule has 2 aromatic heterocycles. The molecule has 3 N–H and O–H groups in total. The van der Waals surface area contributed by atoms with E-state index in [0.717, 1.165) is 16.1 Å². The highest BCUT2D eigenvalue weighted by Crippen LogP contribution is 2.36. The number of H-pyrrole nitrogens is 1. The Morgan fingerprint density at radius 2 is 2.12 bits per heavy atom. The number of aliphatic carboxylic acids is 1. The van der Waals surface area contributed by atoms with Crippen LogP contribution in [0.5, 0.6) is 0 Å². The van der Waals surface area contributed by atoms with Crippen LogP contribution in [0, 0.1) is 18.3 Å². The Morgan fingerprint density at radius 3 is 2.68 bits per heavy atom. The van der Waals surface area contributed by atoms with Crippen LogP contribution in [0.3, 0.4) is 0 Å². The van der Waals surface area contributed by atoms with E-state index in [9.17, 15) is 28.4 Å². The van der Waals surface area contributed by atoms with Crippen molar-refractivity contribution in [2.24, 2.45) is 5.92 Å². The van der Waals surface area contributed by atoms with Crippen molar-refractivity contribution in [2.45, 2.75) is 51.7 Å². The monoisotopic (exact) mass is 479 g/mol. The first-order valence-electron chi connectivity index (χ1n) is 10.1. The van der Waals surface area contributed by atoms with E-state index in [4.69, 9.17) is 21.0 Å². The van der Waals surface area contributed by atoms with Crippen LogP contribution in [0.1, 0.15) is 32.9 Å². The number of terminal acetylenes is 1. The lowest BCUT2D eigenvalue weighted by Gasteiger charge is -2.20. The predicted octanol–water partition coefficient (Wildman–Crippen LogP) is -0.242. The number of amides is 1. The first-order valence-corrected chi connectivity index (χ1v) is 10.1. The lowest BCUT2D eigenvalue weighted by Crippen LogP contribution is -2.33. The number of aromatic amines is 1. The van der Waals surface area contributed by atoms with Gasteiger partial charge in [-0.1, -0.05) is 5.92 Å². The van der Waals surface area contributed by atoms with Gasteiger partial charge in [-0.3, -0.25) is 38.4 Å². The molecule has 3 heterocycles. The van der Waals surface area contributed by atoms with Gasteiger partial charge in [-0.25, -0.2) is 9.36 Å². The van der Waals surface area contributed by atoms with E-state index in [2.05, 4.69) is 21.2 Å². The lowest BCUT2D eigenvalue weighted by molar-refractivity contribution is -0.152.